The summed E-state index contributed by atoms with van der Waals surface area (Å²) in [5, 5.41) is 0. The van der Waals surface area contributed by atoms with Gasteiger partial charge in [0.1, 0.15) is 0 Å². The Balaban J connectivity index is 2.12. The predicted molar refractivity (Wildman–Crippen MR) is 101 cm³/mol. The molecule has 0 aliphatic heterocycles. The Labute approximate surface area is 150 Å². The van der Waals surface area contributed by atoms with Crippen molar-refractivity contribution < 1.29 is 8.42 Å². The molecule has 0 radical (unpaired) electrons. The van der Waals surface area contributed by atoms with Gasteiger partial charge in [0.25, 0.3) is 10.0 Å². The molecule has 3 aromatic rings. The SMILES string of the molecule is CCc1cccc(NS(=O)(=O)c2ccc3c(c2)n(C)c(=O)c(=O)n3C)c1. The molecule has 0 atom stereocenters. The van der Waals surface area contributed by atoms with Crippen LogP contribution in [0.1, 0.15) is 12.5 Å². The fraction of sp³-hybridized carbons (Fsp3) is 0.222. The Morgan fingerprint density at radius 2 is 1.58 bits per heavy atom. The number of hydrogen-bond acceptors (Lipinski definition) is 4. The van der Waals surface area contributed by atoms with E-state index in [1.165, 1.54) is 36.9 Å². The van der Waals surface area contributed by atoms with Crippen molar-refractivity contribution in [1.82, 2.24) is 9.13 Å². The second kappa shape index (κ2) is 6.45. The van der Waals surface area contributed by atoms with Crippen molar-refractivity contribution >= 4 is 26.7 Å². The molecule has 0 bridgehead atoms. The van der Waals surface area contributed by atoms with Gasteiger partial charge in [0.15, 0.2) is 0 Å². The van der Waals surface area contributed by atoms with E-state index in [1.54, 1.807) is 18.2 Å². The number of fused-ring (bicyclic) bond motifs is 1. The van der Waals surface area contributed by atoms with Crippen LogP contribution in [0.25, 0.3) is 11.0 Å². The number of aromatic nitrogens is 2. The minimum atomic E-state index is -3.84. The van der Waals surface area contributed by atoms with E-state index in [0.29, 0.717) is 16.7 Å². The van der Waals surface area contributed by atoms with Gasteiger partial charge in [-0.05, 0) is 42.3 Å². The van der Waals surface area contributed by atoms with Crippen molar-refractivity contribution in [3.8, 4) is 0 Å². The molecule has 1 heterocycles. The molecule has 2 aromatic carbocycles. The average Bonchev–Trinajstić information content (AvgIpc) is 2.64. The Morgan fingerprint density at radius 1 is 0.923 bits per heavy atom. The maximum atomic E-state index is 12.7. The molecule has 0 saturated heterocycles. The van der Waals surface area contributed by atoms with Crippen LogP contribution in [0.15, 0.2) is 56.9 Å². The Hall–Kier alpha value is -2.87. The van der Waals surface area contributed by atoms with E-state index in [0.717, 1.165) is 16.6 Å². The third kappa shape index (κ3) is 3.03. The largest absolute Gasteiger partial charge is 0.316 e. The third-order valence-corrected chi connectivity index (χ3v) is 5.74. The first-order chi connectivity index (χ1) is 12.2. The number of anilines is 1. The molecule has 26 heavy (non-hydrogen) atoms. The Bertz CT molecular complexity index is 1220. The molecule has 0 aliphatic rings. The van der Waals surface area contributed by atoms with Gasteiger partial charge in [0.2, 0.25) is 0 Å². The topological polar surface area (TPSA) is 90.2 Å². The molecule has 1 aromatic heterocycles. The molecule has 3 rings (SSSR count). The van der Waals surface area contributed by atoms with Crippen molar-refractivity contribution in [2.45, 2.75) is 18.2 Å². The highest BCUT2D eigenvalue weighted by Gasteiger charge is 2.17. The fourth-order valence-corrected chi connectivity index (χ4v) is 3.87. The van der Waals surface area contributed by atoms with Crippen LogP contribution in [0.5, 0.6) is 0 Å². The number of aryl methyl sites for hydroxylation is 3. The Kier molecular flexibility index (Phi) is 4.45. The van der Waals surface area contributed by atoms with Gasteiger partial charge in [-0.3, -0.25) is 14.3 Å². The first-order valence-corrected chi connectivity index (χ1v) is 9.54. The van der Waals surface area contributed by atoms with Gasteiger partial charge in [-0.1, -0.05) is 19.1 Å². The molecule has 8 heteroatoms. The van der Waals surface area contributed by atoms with Gasteiger partial charge in [0.05, 0.1) is 15.9 Å². The van der Waals surface area contributed by atoms with Gasteiger partial charge in [0, 0.05) is 19.8 Å². The molecule has 0 aliphatic carbocycles. The van der Waals surface area contributed by atoms with Gasteiger partial charge in [-0.25, -0.2) is 8.42 Å². The highest BCUT2D eigenvalue weighted by Crippen LogP contribution is 2.20. The van der Waals surface area contributed by atoms with Crippen LogP contribution in [0, 0.1) is 0 Å². The number of sulfonamides is 1. The molecular formula is C18H19N3O4S. The smallest absolute Gasteiger partial charge is 0.305 e. The van der Waals surface area contributed by atoms with Gasteiger partial charge >= 0.3 is 11.1 Å². The highest BCUT2D eigenvalue weighted by molar-refractivity contribution is 7.92. The highest BCUT2D eigenvalue weighted by atomic mass is 32.2. The zero-order chi connectivity index (χ0) is 19.1. The number of nitrogens with one attached hydrogen (secondary N) is 1. The molecule has 1 N–H and O–H groups in total. The van der Waals surface area contributed by atoms with Crippen LogP contribution >= 0.6 is 0 Å². The number of nitrogens with zero attached hydrogens (tertiary/aromatic N) is 2. The minimum Gasteiger partial charge on any atom is -0.305 e. The zero-order valence-corrected chi connectivity index (χ0v) is 15.5. The quantitative estimate of drug-likeness (QED) is 0.704. The predicted octanol–water partition coefficient (Wildman–Crippen LogP) is 1.60. The van der Waals surface area contributed by atoms with Crippen molar-refractivity contribution in [3.63, 3.8) is 0 Å². The average molecular weight is 373 g/mol. The van der Waals surface area contributed by atoms with Crippen molar-refractivity contribution in [1.29, 1.82) is 0 Å². The van der Waals surface area contributed by atoms with Crippen LogP contribution in [-0.2, 0) is 30.5 Å². The van der Waals surface area contributed by atoms with Crippen LogP contribution in [0.4, 0.5) is 5.69 Å². The minimum absolute atomic E-state index is 0.0144. The number of rotatable bonds is 4. The second-order valence-corrected chi connectivity index (χ2v) is 7.72. The van der Waals surface area contributed by atoms with E-state index in [4.69, 9.17) is 0 Å². The monoisotopic (exact) mass is 373 g/mol. The van der Waals surface area contributed by atoms with Crippen molar-refractivity contribution in [2.75, 3.05) is 4.72 Å². The molecule has 0 fully saturated rings. The van der Waals surface area contributed by atoms with E-state index < -0.39 is 21.1 Å². The van der Waals surface area contributed by atoms with E-state index in [-0.39, 0.29) is 4.90 Å². The van der Waals surface area contributed by atoms with Crippen LogP contribution in [0.3, 0.4) is 0 Å². The summed E-state index contributed by atoms with van der Waals surface area (Å²) in [5.41, 5.74) is 0.953. The standard InChI is InChI=1S/C18H19N3O4S/c1-4-12-6-5-7-13(10-12)19-26(24,25)14-8-9-15-16(11-14)21(3)18(23)17(22)20(15)2/h5-11,19H,4H2,1-3H3. The summed E-state index contributed by atoms with van der Waals surface area (Å²) in [4.78, 5) is 23.9. The summed E-state index contributed by atoms with van der Waals surface area (Å²) >= 11 is 0. The van der Waals surface area contributed by atoms with Crippen LogP contribution in [-0.4, -0.2) is 17.6 Å². The zero-order valence-electron chi connectivity index (χ0n) is 14.7. The fourth-order valence-electron chi connectivity index (χ4n) is 2.80. The summed E-state index contributed by atoms with van der Waals surface area (Å²) < 4.78 is 30.4. The van der Waals surface area contributed by atoms with Crippen molar-refractivity contribution in [3.05, 3.63) is 68.7 Å². The lowest BCUT2D eigenvalue weighted by molar-refractivity contribution is 0.601. The van der Waals surface area contributed by atoms with Crippen LogP contribution in [0.2, 0.25) is 0 Å². The summed E-state index contributed by atoms with van der Waals surface area (Å²) in [7, 11) is -0.909. The molecule has 136 valence electrons. The van der Waals surface area contributed by atoms with Gasteiger partial charge in [-0.15, -0.1) is 0 Å². The second-order valence-electron chi connectivity index (χ2n) is 6.04. The summed E-state index contributed by atoms with van der Waals surface area (Å²) in [5.74, 6) is 0. The van der Waals surface area contributed by atoms with E-state index in [9.17, 15) is 18.0 Å². The Morgan fingerprint density at radius 3 is 2.23 bits per heavy atom. The number of benzene rings is 2. The molecule has 0 unspecified atom stereocenters. The lowest BCUT2D eigenvalue weighted by Crippen LogP contribution is -2.39. The first kappa shape index (κ1) is 17.9. The summed E-state index contributed by atoms with van der Waals surface area (Å²) in [6.45, 7) is 1.99. The normalized spacial score (nSPS) is 11.7. The molecule has 0 saturated carbocycles. The third-order valence-electron chi connectivity index (χ3n) is 4.36. The van der Waals surface area contributed by atoms with Gasteiger partial charge < -0.3 is 9.13 Å². The van der Waals surface area contributed by atoms with E-state index in [1.807, 2.05) is 13.0 Å². The molecule has 7 nitrogen and oxygen atoms in total. The van der Waals surface area contributed by atoms with E-state index >= 15 is 0 Å². The lowest BCUT2D eigenvalue weighted by atomic mass is 10.1. The van der Waals surface area contributed by atoms with Gasteiger partial charge in [-0.2, -0.15) is 0 Å². The summed E-state index contributed by atoms with van der Waals surface area (Å²) in [6.07, 6.45) is 0.793. The maximum Gasteiger partial charge on any atom is 0.316 e. The van der Waals surface area contributed by atoms with E-state index in [2.05, 4.69) is 4.72 Å². The van der Waals surface area contributed by atoms with Crippen molar-refractivity contribution in [2.24, 2.45) is 14.1 Å². The molecule has 0 spiro atoms. The lowest BCUT2D eigenvalue weighted by Gasteiger charge is -2.12. The summed E-state index contributed by atoms with van der Waals surface area (Å²) in [6, 6.07) is 11.5. The van der Waals surface area contributed by atoms with Crippen LogP contribution < -0.4 is 15.8 Å². The maximum absolute atomic E-state index is 12.7. The first-order valence-electron chi connectivity index (χ1n) is 8.06. The molecular weight excluding hydrogens is 354 g/mol. The number of hydrogen-bond donors (Lipinski definition) is 1. The molecule has 0 amide bonds.